The molecular formula is C12H16O10. The lowest BCUT2D eigenvalue weighted by Crippen LogP contribution is -2.53. The van der Waals surface area contributed by atoms with Gasteiger partial charge in [-0.1, -0.05) is 0 Å². The fraction of sp³-hybridized carbons (Fsp3) is 0.833. The standard InChI is InChI=1S/C12H16O10/c13-3-4-9-10(19-7(18-4)1-5(14)15)11-12(22-9)21-8(20-11)2-6(16)17/h4,7-13H,1-3H2,(H,14,15)(H,16,17). The second kappa shape index (κ2) is 6.07. The zero-order valence-corrected chi connectivity index (χ0v) is 11.4. The summed E-state index contributed by atoms with van der Waals surface area (Å²) in [6.45, 7) is -0.376. The van der Waals surface area contributed by atoms with Gasteiger partial charge in [0.25, 0.3) is 0 Å². The van der Waals surface area contributed by atoms with Crippen molar-refractivity contribution in [2.45, 2.75) is 56.1 Å². The summed E-state index contributed by atoms with van der Waals surface area (Å²) < 4.78 is 27.2. The lowest BCUT2D eigenvalue weighted by molar-refractivity contribution is -0.301. The highest BCUT2D eigenvalue weighted by molar-refractivity contribution is 5.67. The maximum absolute atomic E-state index is 10.8. The number of carboxylic acids is 2. The Morgan fingerprint density at radius 1 is 0.773 bits per heavy atom. The van der Waals surface area contributed by atoms with Crippen LogP contribution in [-0.2, 0) is 33.3 Å². The van der Waals surface area contributed by atoms with Crippen LogP contribution in [0, 0.1) is 0 Å². The smallest absolute Gasteiger partial charge is 0.308 e. The monoisotopic (exact) mass is 320 g/mol. The van der Waals surface area contributed by atoms with Crippen LogP contribution < -0.4 is 0 Å². The number of aliphatic hydroxyl groups excluding tert-OH is 1. The van der Waals surface area contributed by atoms with E-state index in [1.165, 1.54) is 0 Å². The van der Waals surface area contributed by atoms with Crippen LogP contribution in [0.1, 0.15) is 12.8 Å². The van der Waals surface area contributed by atoms with Crippen molar-refractivity contribution < 1.29 is 48.6 Å². The van der Waals surface area contributed by atoms with Crippen molar-refractivity contribution in [1.29, 1.82) is 0 Å². The molecule has 0 aromatic carbocycles. The molecular weight excluding hydrogens is 304 g/mol. The summed E-state index contributed by atoms with van der Waals surface area (Å²) in [4.78, 5) is 21.5. The number of aliphatic carboxylic acids is 2. The van der Waals surface area contributed by atoms with E-state index in [0.717, 1.165) is 0 Å². The Labute approximate surface area is 124 Å². The van der Waals surface area contributed by atoms with Crippen LogP contribution in [0.4, 0.5) is 0 Å². The van der Waals surface area contributed by atoms with Crippen molar-refractivity contribution in [1.82, 2.24) is 0 Å². The van der Waals surface area contributed by atoms with Gasteiger partial charge in [0, 0.05) is 0 Å². The number of hydrogen-bond acceptors (Lipinski definition) is 8. The van der Waals surface area contributed by atoms with Crippen molar-refractivity contribution in [3.05, 3.63) is 0 Å². The molecule has 0 spiro atoms. The third-order valence-electron chi connectivity index (χ3n) is 3.67. The van der Waals surface area contributed by atoms with Gasteiger partial charge in [0.15, 0.2) is 18.9 Å². The number of ether oxygens (including phenoxy) is 5. The highest BCUT2D eigenvalue weighted by Crippen LogP contribution is 2.40. The molecule has 124 valence electrons. The molecule has 0 bridgehead atoms. The second-order valence-electron chi connectivity index (χ2n) is 5.22. The zero-order chi connectivity index (χ0) is 15.9. The van der Waals surface area contributed by atoms with Crippen LogP contribution in [0.3, 0.4) is 0 Å². The fourth-order valence-electron chi connectivity index (χ4n) is 2.82. The normalized spacial score (nSPS) is 43.6. The molecule has 0 aliphatic carbocycles. The van der Waals surface area contributed by atoms with Gasteiger partial charge in [0.1, 0.15) is 24.4 Å². The Balaban J connectivity index is 1.69. The number of aliphatic hydroxyl groups is 1. The van der Waals surface area contributed by atoms with Gasteiger partial charge < -0.3 is 39.0 Å². The Morgan fingerprint density at radius 3 is 1.95 bits per heavy atom. The number of carboxylic acid groups (broad SMARTS) is 2. The molecule has 22 heavy (non-hydrogen) atoms. The van der Waals surface area contributed by atoms with Gasteiger partial charge in [-0.05, 0) is 0 Å². The van der Waals surface area contributed by atoms with E-state index in [1.807, 2.05) is 0 Å². The van der Waals surface area contributed by atoms with Gasteiger partial charge in [-0.2, -0.15) is 0 Å². The molecule has 10 heteroatoms. The minimum absolute atomic E-state index is 0.341. The number of carbonyl (C=O) groups is 2. The molecule has 3 aliphatic heterocycles. The highest BCUT2D eigenvalue weighted by atomic mass is 16.8. The summed E-state index contributed by atoms with van der Waals surface area (Å²) in [6.07, 6.45) is -6.38. The van der Waals surface area contributed by atoms with Gasteiger partial charge >= 0.3 is 11.9 Å². The molecule has 3 fully saturated rings. The van der Waals surface area contributed by atoms with Crippen molar-refractivity contribution >= 4 is 11.9 Å². The molecule has 3 rings (SSSR count). The minimum Gasteiger partial charge on any atom is -0.481 e. The predicted molar refractivity (Wildman–Crippen MR) is 63.5 cm³/mol. The van der Waals surface area contributed by atoms with Crippen LogP contribution in [0.5, 0.6) is 0 Å². The summed E-state index contributed by atoms with van der Waals surface area (Å²) in [7, 11) is 0. The number of fused-ring (bicyclic) bond motifs is 3. The average molecular weight is 320 g/mol. The van der Waals surface area contributed by atoms with Gasteiger partial charge in [0.05, 0.1) is 19.4 Å². The summed E-state index contributed by atoms with van der Waals surface area (Å²) in [5.41, 5.74) is 0. The van der Waals surface area contributed by atoms with Crippen molar-refractivity contribution in [2.75, 3.05) is 6.61 Å². The van der Waals surface area contributed by atoms with E-state index >= 15 is 0 Å². The van der Waals surface area contributed by atoms with E-state index in [0.29, 0.717) is 0 Å². The fourth-order valence-corrected chi connectivity index (χ4v) is 2.82. The van der Waals surface area contributed by atoms with E-state index in [4.69, 9.17) is 33.9 Å². The quantitative estimate of drug-likeness (QED) is 0.548. The number of rotatable bonds is 5. The molecule has 0 saturated carbocycles. The topological polar surface area (TPSA) is 141 Å². The van der Waals surface area contributed by atoms with Gasteiger partial charge in [-0.3, -0.25) is 9.59 Å². The number of hydrogen-bond donors (Lipinski definition) is 3. The molecule has 3 N–H and O–H groups in total. The molecule has 0 radical (unpaired) electrons. The Bertz CT molecular complexity index is 453. The molecule has 0 aromatic heterocycles. The first-order chi connectivity index (χ1) is 10.5. The Kier molecular flexibility index (Phi) is 4.30. The summed E-state index contributed by atoms with van der Waals surface area (Å²) in [5, 5.41) is 26.9. The summed E-state index contributed by atoms with van der Waals surface area (Å²) in [5.74, 6) is -2.19. The SMILES string of the molecule is O=C(O)CC1OC2OC3C(CO)OC(CC(=O)O)OC3C2O1. The highest BCUT2D eigenvalue weighted by Gasteiger charge is 2.58. The lowest BCUT2D eigenvalue weighted by atomic mass is 10.0. The maximum Gasteiger partial charge on any atom is 0.308 e. The molecule has 3 aliphatic rings. The maximum atomic E-state index is 10.8. The summed E-state index contributed by atoms with van der Waals surface area (Å²) >= 11 is 0. The van der Waals surface area contributed by atoms with Crippen molar-refractivity contribution in [3.63, 3.8) is 0 Å². The van der Waals surface area contributed by atoms with Gasteiger partial charge in [0.2, 0.25) is 0 Å². The molecule has 7 unspecified atom stereocenters. The minimum atomic E-state index is -1.11. The van der Waals surface area contributed by atoms with Gasteiger partial charge in [-0.25, -0.2) is 0 Å². The molecule has 0 amide bonds. The van der Waals surface area contributed by atoms with Crippen molar-refractivity contribution in [2.24, 2.45) is 0 Å². The molecule has 10 nitrogen and oxygen atoms in total. The first kappa shape index (κ1) is 15.6. The van der Waals surface area contributed by atoms with Crippen LogP contribution in [-0.4, -0.2) is 77.2 Å². The Morgan fingerprint density at radius 2 is 1.36 bits per heavy atom. The van der Waals surface area contributed by atoms with Crippen LogP contribution in [0.2, 0.25) is 0 Å². The van der Waals surface area contributed by atoms with E-state index in [2.05, 4.69) is 0 Å². The van der Waals surface area contributed by atoms with Crippen molar-refractivity contribution in [3.8, 4) is 0 Å². The first-order valence-electron chi connectivity index (χ1n) is 6.79. The third kappa shape index (κ3) is 2.93. The van der Waals surface area contributed by atoms with E-state index in [1.54, 1.807) is 0 Å². The average Bonchev–Trinajstić information content (AvgIpc) is 2.94. The molecule has 7 atom stereocenters. The van der Waals surface area contributed by atoms with E-state index in [-0.39, 0.29) is 13.0 Å². The zero-order valence-electron chi connectivity index (χ0n) is 11.4. The van der Waals surface area contributed by atoms with E-state index in [9.17, 15) is 14.7 Å². The molecule has 0 aromatic rings. The van der Waals surface area contributed by atoms with Crippen LogP contribution >= 0.6 is 0 Å². The third-order valence-corrected chi connectivity index (χ3v) is 3.67. The molecule has 3 saturated heterocycles. The largest absolute Gasteiger partial charge is 0.481 e. The van der Waals surface area contributed by atoms with Gasteiger partial charge in [-0.15, -0.1) is 0 Å². The first-order valence-corrected chi connectivity index (χ1v) is 6.79. The summed E-state index contributed by atoms with van der Waals surface area (Å²) in [6, 6.07) is 0. The van der Waals surface area contributed by atoms with Crippen LogP contribution in [0.15, 0.2) is 0 Å². The predicted octanol–water partition coefficient (Wildman–Crippen LogP) is -1.50. The van der Waals surface area contributed by atoms with E-state index < -0.39 is 61.6 Å². The lowest BCUT2D eigenvalue weighted by Gasteiger charge is -2.37. The second-order valence-corrected chi connectivity index (χ2v) is 5.22. The Hall–Kier alpha value is -1.30. The molecule has 3 heterocycles. The van der Waals surface area contributed by atoms with Crippen LogP contribution in [0.25, 0.3) is 0 Å².